The molecule has 23 heavy (non-hydrogen) atoms. The molecule has 2 aliphatic rings. The molecule has 4 nitrogen and oxygen atoms in total. The maximum absolute atomic E-state index is 12.5. The van der Waals surface area contributed by atoms with Crippen molar-refractivity contribution in [3.63, 3.8) is 0 Å². The van der Waals surface area contributed by atoms with Crippen molar-refractivity contribution >= 4 is 11.9 Å². The third kappa shape index (κ3) is 2.35. The molecule has 0 saturated carbocycles. The first kappa shape index (κ1) is 16.0. The SMILES string of the molecule is COC(=O)c1c(C)c2c3c(c1C(=O)OC)CCC[C@@H]3[C@@H](C)CC2. The van der Waals surface area contributed by atoms with Gasteiger partial charge in [-0.3, -0.25) is 0 Å². The fourth-order valence-corrected chi connectivity index (χ4v) is 4.51. The molecule has 0 saturated heterocycles. The second-order valence-corrected chi connectivity index (χ2v) is 6.74. The summed E-state index contributed by atoms with van der Waals surface area (Å²) < 4.78 is 9.96. The van der Waals surface area contributed by atoms with E-state index in [4.69, 9.17) is 9.47 Å². The van der Waals surface area contributed by atoms with Crippen LogP contribution in [0.2, 0.25) is 0 Å². The molecule has 2 atom stereocenters. The summed E-state index contributed by atoms with van der Waals surface area (Å²) in [5, 5.41) is 0. The number of carbonyl (C=O) groups excluding carboxylic acids is 2. The van der Waals surface area contributed by atoms with E-state index in [2.05, 4.69) is 6.92 Å². The first-order valence-corrected chi connectivity index (χ1v) is 8.36. The molecule has 2 aliphatic carbocycles. The summed E-state index contributed by atoms with van der Waals surface area (Å²) in [6.07, 6.45) is 5.15. The van der Waals surface area contributed by atoms with E-state index in [1.165, 1.54) is 31.8 Å². The largest absolute Gasteiger partial charge is 0.465 e. The van der Waals surface area contributed by atoms with Gasteiger partial charge in [0.2, 0.25) is 0 Å². The predicted molar refractivity (Wildman–Crippen MR) is 87.0 cm³/mol. The van der Waals surface area contributed by atoms with E-state index in [0.717, 1.165) is 36.8 Å². The lowest BCUT2D eigenvalue weighted by atomic mass is 9.66. The first-order chi connectivity index (χ1) is 11.0. The van der Waals surface area contributed by atoms with Gasteiger partial charge in [-0.05, 0) is 73.1 Å². The van der Waals surface area contributed by atoms with Gasteiger partial charge in [-0.15, -0.1) is 0 Å². The Morgan fingerprint density at radius 3 is 2.26 bits per heavy atom. The number of benzene rings is 1. The lowest BCUT2D eigenvalue weighted by Gasteiger charge is -2.39. The van der Waals surface area contributed by atoms with Crippen molar-refractivity contribution in [2.75, 3.05) is 14.2 Å². The maximum Gasteiger partial charge on any atom is 0.339 e. The topological polar surface area (TPSA) is 52.6 Å². The molecule has 124 valence electrons. The van der Waals surface area contributed by atoms with Crippen LogP contribution in [0.4, 0.5) is 0 Å². The molecule has 0 unspecified atom stereocenters. The zero-order valence-corrected chi connectivity index (χ0v) is 14.3. The van der Waals surface area contributed by atoms with Crippen LogP contribution in [0.1, 0.15) is 75.1 Å². The van der Waals surface area contributed by atoms with Gasteiger partial charge in [0.25, 0.3) is 0 Å². The van der Waals surface area contributed by atoms with Crippen LogP contribution >= 0.6 is 0 Å². The average molecular weight is 316 g/mol. The Morgan fingerprint density at radius 1 is 0.957 bits per heavy atom. The van der Waals surface area contributed by atoms with E-state index in [1.807, 2.05) is 6.92 Å². The Morgan fingerprint density at radius 2 is 1.61 bits per heavy atom. The molecule has 0 amide bonds. The zero-order valence-electron chi connectivity index (χ0n) is 14.3. The Kier molecular flexibility index (Phi) is 4.17. The lowest BCUT2D eigenvalue weighted by Crippen LogP contribution is -2.29. The van der Waals surface area contributed by atoms with Gasteiger partial charge < -0.3 is 9.47 Å². The van der Waals surface area contributed by atoms with Gasteiger partial charge >= 0.3 is 11.9 Å². The molecule has 0 heterocycles. The molecular weight excluding hydrogens is 292 g/mol. The van der Waals surface area contributed by atoms with Crippen LogP contribution in [-0.2, 0) is 22.3 Å². The second-order valence-electron chi connectivity index (χ2n) is 6.74. The highest BCUT2D eigenvalue weighted by atomic mass is 16.5. The fourth-order valence-electron chi connectivity index (χ4n) is 4.51. The summed E-state index contributed by atoms with van der Waals surface area (Å²) in [6.45, 7) is 4.24. The van der Waals surface area contributed by atoms with E-state index in [9.17, 15) is 9.59 Å². The summed E-state index contributed by atoms with van der Waals surface area (Å²) in [5.74, 6) is 0.250. The van der Waals surface area contributed by atoms with E-state index < -0.39 is 11.9 Å². The highest BCUT2D eigenvalue weighted by molar-refractivity contribution is 6.06. The number of hydrogen-bond acceptors (Lipinski definition) is 4. The van der Waals surface area contributed by atoms with Crippen molar-refractivity contribution in [2.45, 2.75) is 51.9 Å². The Bertz CT molecular complexity index is 675. The lowest BCUT2D eigenvalue weighted by molar-refractivity contribution is 0.0552. The first-order valence-electron chi connectivity index (χ1n) is 8.36. The van der Waals surface area contributed by atoms with Gasteiger partial charge in [0.15, 0.2) is 0 Å². The van der Waals surface area contributed by atoms with Crippen molar-refractivity contribution in [1.29, 1.82) is 0 Å². The van der Waals surface area contributed by atoms with Gasteiger partial charge in [0.1, 0.15) is 0 Å². The van der Waals surface area contributed by atoms with Crippen LogP contribution in [0.5, 0.6) is 0 Å². The summed E-state index contributed by atoms with van der Waals surface area (Å²) in [6, 6.07) is 0. The van der Waals surface area contributed by atoms with E-state index in [1.54, 1.807) is 0 Å². The van der Waals surface area contributed by atoms with Crippen LogP contribution in [0.25, 0.3) is 0 Å². The number of methoxy groups -OCH3 is 2. The van der Waals surface area contributed by atoms with E-state index >= 15 is 0 Å². The third-order valence-corrected chi connectivity index (χ3v) is 5.66. The molecular formula is C19H24O4. The minimum Gasteiger partial charge on any atom is -0.465 e. The molecule has 0 aliphatic heterocycles. The summed E-state index contributed by atoms with van der Waals surface area (Å²) in [4.78, 5) is 24.8. The molecule has 0 bridgehead atoms. The minimum absolute atomic E-state index is 0.406. The molecule has 0 aromatic heterocycles. The van der Waals surface area contributed by atoms with Gasteiger partial charge in [-0.25, -0.2) is 9.59 Å². The highest BCUT2D eigenvalue weighted by Gasteiger charge is 2.38. The van der Waals surface area contributed by atoms with Gasteiger partial charge in [-0.1, -0.05) is 6.92 Å². The summed E-state index contributed by atoms with van der Waals surface area (Å²) >= 11 is 0. The Balaban J connectivity index is 2.36. The monoisotopic (exact) mass is 316 g/mol. The van der Waals surface area contributed by atoms with Gasteiger partial charge in [0, 0.05) is 0 Å². The molecule has 4 heteroatoms. The Labute approximate surface area is 137 Å². The third-order valence-electron chi connectivity index (χ3n) is 5.66. The van der Waals surface area contributed by atoms with Crippen LogP contribution in [0.15, 0.2) is 0 Å². The minimum atomic E-state index is -0.442. The van der Waals surface area contributed by atoms with Crippen LogP contribution in [-0.4, -0.2) is 26.2 Å². The van der Waals surface area contributed by atoms with Crippen molar-refractivity contribution in [2.24, 2.45) is 5.92 Å². The molecule has 3 rings (SSSR count). The van der Waals surface area contributed by atoms with Crippen LogP contribution < -0.4 is 0 Å². The predicted octanol–water partition coefficient (Wildman–Crippen LogP) is 3.57. The average Bonchev–Trinajstić information content (AvgIpc) is 2.57. The van der Waals surface area contributed by atoms with Crippen LogP contribution in [0, 0.1) is 12.8 Å². The van der Waals surface area contributed by atoms with E-state index in [0.29, 0.717) is 23.0 Å². The highest BCUT2D eigenvalue weighted by Crippen LogP contribution is 2.47. The second kappa shape index (κ2) is 5.99. The molecule has 0 spiro atoms. The normalized spacial score (nSPS) is 22.3. The number of carbonyl (C=O) groups is 2. The maximum atomic E-state index is 12.5. The van der Waals surface area contributed by atoms with E-state index in [-0.39, 0.29) is 0 Å². The summed E-state index contributed by atoms with van der Waals surface area (Å²) in [7, 11) is 2.73. The molecule has 1 aromatic carbocycles. The Hall–Kier alpha value is -1.84. The quantitative estimate of drug-likeness (QED) is 0.783. The number of ether oxygens (including phenoxy) is 2. The van der Waals surface area contributed by atoms with Crippen molar-refractivity contribution in [3.05, 3.63) is 33.4 Å². The zero-order chi connectivity index (χ0) is 16.7. The van der Waals surface area contributed by atoms with Crippen molar-refractivity contribution < 1.29 is 19.1 Å². The van der Waals surface area contributed by atoms with Gasteiger partial charge in [0.05, 0.1) is 25.3 Å². The van der Waals surface area contributed by atoms with Crippen molar-refractivity contribution in [3.8, 4) is 0 Å². The molecule has 1 aromatic rings. The van der Waals surface area contributed by atoms with Crippen molar-refractivity contribution in [1.82, 2.24) is 0 Å². The smallest absolute Gasteiger partial charge is 0.339 e. The molecule has 0 radical (unpaired) electrons. The van der Waals surface area contributed by atoms with Crippen LogP contribution in [0.3, 0.4) is 0 Å². The molecule has 0 fully saturated rings. The number of esters is 2. The van der Waals surface area contributed by atoms with Gasteiger partial charge in [-0.2, -0.15) is 0 Å². The number of hydrogen-bond donors (Lipinski definition) is 0. The molecule has 0 N–H and O–H groups in total. The standard InChI is InChI=1S/C19H24O4/c1-10-8-9-13-11(2)15(18(20)22-3)17(19(21)23-4)14-7-5-6-12(10)16(13)14/h10,12H,5-9H2,1-4H3/t10-,12+/m0/s1. The fraction of sp³-hybridized carbons (Fsp3) is 0.579. The number of rotatable bonds is 2. The summed E-state index contributed by atoms with van der Waals surface area (Å²) in [5.41, 5.74) is 5.35.